The largest absolute Gasteiger partial charge is 0.330 e. The summed E-state index contributed by atoms with van der Waals surface area (Å²) >= 11 is 0. The molecule has 3 heteroatoms. The molecule has 0 spiro atoms. The summed E-state index contributed by atoms with van der Waals surface area (Å²) in [7, 11) is 0. The van der Waals surface area contributed by atoms with Crippen LogP contribution in [-0.2, 0) is 6.42 Å². The number of nitrogens with zero attached hydrogens (tertiary/aromatic N) is 2. The van der Waals surface area contributed by atoms with Crippen LogP contribution in [0.15, 0.2) is 6.20 Å². The fourth-order valence-electron chi connectivity index (χ4n) is 2.15. The van der Waals surface area contributed by atoms with Crippen LogP contribution in [-0.4, -0.2) is 16.3 Å². The number of hydrogen-bond donors (Lipinski definition) is 1. The van der Waals surface area contributed by atoms with Crippen LogP contribution in [0.4, 0.5) is 0 Å². The van der Waals surface area contributed by atoms with Crippen LogP contribution in [0.2, 0.25) is 0 Å². The van der Waals surface area contributed by atoms with E-state index in [1.807, 2.05) is 0 Å². The maximum atomic E-state index is 5.75. The van der Waals surface area contributed by atoms with Crippen molar-refractivity contribution in [2.24, 2.45) is 5.73 Å². The fraction of sp³-hybridized carbons (Fsp3) is 0.727. The fourth-order valence-corrected chi connectivity index (χ4v) is 2.15. The minimum absolute atomic E-state index is 0.457. The average Bonchev–Trinajstić information content (AvgIpc) is 2.60. The lowest BCUT2D eigenvalue weighted by Gasteiger charge is -2.18. The van der Waals surface area contributed by atoms with E-state index in [4.69, 9.17) is 5.73 Å². The third kappa shape index (κ3) is 1.57. The van der Waals surface area contributed by atoms with Gasteiger partial charge in [-0.05, 0) is 38.7 Å². The van der Waals surface area contributed by atoms with E-state index in [2.05, 4.69) is 29.8 Å². The van der Waals surface area contributed by atoms with E-state index in [-0.39, 0.29) is 0 Å². The van der Waals surface area contributed by atoms with E-state index in [9.17, 15) is 0 Å². The molecule has 0 saturated carbocycles. The van der Waals surface area contributed by atoms with Crippen LogP contribution in [0.1, 0.15) is 49.9 Å². The molecule has 1 aromatic rings. The molecule has 1 atom stereocenters. The first-order valence-corrected chi connectivity index (χ1v) is 5.50. The van der Waals surface area contributed by atoms with Crippen molar-refractivity contribution in [2.45, 2.75) is 45.1 Å². The second-order valence-electron chi connectivity index (χ2n) is 4.44. The van der Waals surface area contributed by atoms with Gasteiger partial charge in [-0.15, -0.1) is 0 Å². The molecular weight excluding hydrogens is 174 g/mol. The molecule has 1 aliphatic rings. The van der Waals surface area contributed by atoms with Gasteiger partial charge < -0.3 is 5.73 Å². The summed E-state index contributed by atoms with van der Waals surface area (Å²) in [6.45, 7) is 5.06. The number of rotatable bonds is 2. The lowest BCUT2D eigenvalue weighted by molar-refractivity contribution is 0.505. The van der Waals surface area contributed by atoms with E-state index < -0.39 is 0 Å². The van der Waals surface area contributed by atoms with Gasteiger partial charge in [0, 0.05) is 24.7 Å². The molecule has 1 aliphatic carbocycles. The van der Waals surface area contributed by atoms with Gasteiger partial charge >= 0.3 is 0 Å². The molecule has 14 heavy (non-hydrogen) atoms. The molecule has 0 fully saturated rings. The van der Waals surface area contributed by atoms with Crippen molar-refractivity contribution in [1.82, 2.24) is 9.78 Å². The molecule has 0 bridgehead atoms. The summed E-state index contributed by atoms with van der Waals surface area (Å²) in [5, 5.41) is 4.64. The van der Waals surface area contributed by atoms with E-state index in [1.165, 1.54) is 30.5 Å². The molecule has 2 rings (SSSR count). The van der Waals surface area contributed by atoms with Gasteiger partial charge in [0.2, 0.25) is 0 Å². The van der Waals surface area contributed by atoms with E-state index >= 15 is 0 Å². The third-order valence-electron chi connectivity index (χ3n) is 3.04. The Balaban J connectivity index is 2.33. The Morgan fingerprint density at radius 3 is 3.07 bits per heavy atom. The lowest BCUT2D eigenvalue weighted by Crippen LogP contribution is -2.18. The van der Waals surface area contributed by atoms with Crippen LogP contribution in [0, 0.1) is 0 Å². The summed E-state index contributed by atoms with van der Waals surface area (Å²) in [5.74, 6) is 0.499. The Hall–Kier alpha value is -0.830. The van der Waals surface area contributed by atoms with Gasteiger partial charge in [-0.3, -0.25) is 4.68 Å². The summed E-state index contributed by atoms with van der Waals surface area (Å²) in [5.41, 5.74) is 8.43. The highest BCUT2D eigenvalue weighted by molar-refractivity contribution is 5.24. The Kier molecular flexibility index (Phi) is 2.59. The molecule has 78 valence electrons. The maximum Gasteiger partial charge on any atom is 0.0700 e. The normalized spacial score (nSPS) is 21.3. The molecule has 0 saturated heterocycles. The number of hydrogen-bond acceptors (Lipinski definition) is 2. The van der Waals surface area contributed by atoms with Crippen LogP contribution < -0.4 is 5.73 Å². The maximum absolute atomic E-state index is 5.75. The molecule has 0 radical (unpaired) electrons. The van der Waals surface area contributed by atoms with Gasteiger partial charge in [0.15, 0.2) is 0 Å². The van der Waals surface area contributed by atoms with Gasteiger partial charge in [0.1, 0.15) is 0 Å². The summed E-state index contributed by atoms with van der Waals surface area (Å²) in [4.78, 5) is 0. The summed E-state index contributed by atoms with van der Waals surface area (Å²) in [6, 6.07) is 0.457. The molecule has 3 nitrogen and oxygen atoms in total. The smallest absolute Gasteiger partial charge is 0.0700 e. The van der Waals surface area contributed by atoms with Crippen molar-refractivity contribution in [3.63, 3.8) is 0 Å². The van der Waals surface area contributed by atoms with Gasteiger partial charge in [-0.25, -0.2) is 0 Å². The highest BCUT2D eigenvalue weighted by atomic mass is 15.3. The van der Waals surface area contributed by atoms with Crippen molar-refractivity contribution in [3.8, 4) is 0 Å². The Morgan fingerprint density at radius 2 is 2.43 bits per heavy atom. The van der Waals surface area contributed by atoms with E-state index in [0.29, 0.717) is 12.0 Å². The standard InChI is InChI=1S/C11H19N3/c1-8(2)14-7-10-5-3-4-9(6-12)11(10)13-14/h7-9H,3-6,12H2,1-2H3. The quantitative estimate of drug-likeness (QED) is 0.779. The first kappa shape index (κ1) is 9.71. The summed E-state index contributed by atoms with van der Waals surface area (Å²) < 4.78 is 2.07. The predicted octanol–water partition coefficient (Wildman–Crippen LogP) is 1.84. The van der Waals surface area contributed by atoms with Gasteiger partial charge in [0.25, 0.3) is 0 Å². The van der Waals surface area contributed by atoms with Crippen LogP contribution in [0.25, 0.3) is 0 Å². The van der Waals surface area contributed by atoms with E-state index in [0.717, 1.165) is 6.54 Å². The zero-order valence-corrected chi connectivity index (χ0v) is 9.03. The lowest BCUT2D eigenvalue weighted by atomic mass is 9.88. The number of aromatic nitrogens is 2. The molecule has 0 aromatic carbocycles. The highest BCUT2D eigenvalue weighted by Crippen LogP contribution is 2.30. The van der Waals surface area contributed by atoms with Crippen LogP contribution >= 0.6 is 0 Å². The second-order valence-corrected chi connectivity index (χ2v) is 4.44. The van der Waals surface area contributed by atoms with Crippen molar-refractivity contribution in [1.29, 1.82) is 0 Å². The first-order chi connectivity index (χ1) is 6.72. The minimum atomic E-state index is 0.457. The Morgan fingerprint density at radius 1 is 1.64 bits per heavy atom. The monoisotopic (exact) mass is 193 g/mol. The van der Waals surface area contributed by atoms with Crippen LogP contribution in [0.3, 0.4) is 0 Å². The molecular formula is C11H19N3. The molecule has 1 unspecified atom stereocenters. The highest BCUT2D eigenvalue weighted by Gasteiger charge is 2.22. The number of aryl methyl sites for hydroxylation is 1. The number of nitrogens with two attached hydrogens (primary N) is 1. The Labute approximate surface area is 85.3 Å². The second kappa shape index (κ2) is 3.73. The summed E-state index contributed by atoms with van der Waals surface area (Å²) in [6.07, 6.45) is 5.84. The van der Waals surface area contributed by atoms with Crippen molar-refractivity contribution in [3.05, 3.63) is 17.5 Å². The molecule has 2 N–H and O–H groups in total. The molecule has 1 heterocycles. The minimum Gasteiger partial charge on any atom is -0.330 e. The van der Waals surface area contributed by atoms with Crippen molar-refractivity contribution in [2.75, 3.05) is 6.54 Å². The van der Waals surface area contributed by atoms with Crippen LogP contribution in [0.5, 0.6) is 0 Å². The SMILES string of the molecule is CC(C)n1cc2c(n1)C(CN)CCC2. The zero-order chi connectivity index (χ0) is 10.1. The first-order valence-electron chi connectivity index (χ1n) is 5.50. The van der Waals surface area contributed by atoms with Gasteiger partial charge in [-0.2, -0.15) is 5.10 Å². The Bertz CT molecular complexity index is 314. The predicted molar refractivity (Wildman–Crippen MR) is 57.3 cm³/mol. The molecule has 0 amide bonds. The molecule has 0 aliphatic heterocycles. The zero-order valence-electron chi connectivity index (χ0n) is 9.03. The van der Waals surface area contributed by atoms with Gasteiger partial charge in [-0.1, -0.05) is 0 Å². The molecule has 1 aromatic heterocycles. The van der Waals surface area contributed by atoms with E-state index in [1.54, 1.807) is 0 Å². The van der Waals surface area contributed by atoms with Gasteiger partial charge in [0.05, 0.1) is 5.69 Å². The van der Waals surface area contributed by atoms with Crippen molar-refractivity contribution >= 4 is 0 Å². The van der Waals surface area contributed by atoms with Crippen molar-refractivity contribution < 1.29 is 0 Å². The average molecular weight is 193 g/mol. The third-order valence-corrected chi connectivity index (χ3v) is 3.04. The number of fused-ring (bicyclic) bond motifs is 1. The topological polar surface area (TPSA) is 43.8 Å².